The van der Waals surface area contributed by atoms with Gasteiger partial charge < -0.3 is 25.3 Å². The summed E-state index contributed by atoms with van der Waals surface area (Å²) in [6.45, 7) is 1.38. The van der Waals surface area contributed by atoms with Crippen molar-refractivity contribution < 1.29 is 24.3 Å². The molecule has 2 heterocycles. The summed E-state index contributed by atoms with van der Waals surface area (Å²) in [5.74, 6) is 0.0606. The minimum atomic E-state index is -0.871. The van der Waals surface area contributed by atoms with Gasteiger partial charge in [-0.1, -0.05) is 5.16 Å². The van der Waals surface area contributed by atoms with Crippen LogP contribution in [0.4, 0.5) is 4.79 Å². The first-order valence-corrected chi connectivity index (χ1v) is 8.34. The third kappa shape index (κ3) is 4.62. The molecular formula is C17H21N3O5. The van der Waals surface area contributed by atoms with Crippen LogP contribution >= 0.6 is 0 Å². The Morgan fingerprint density at radius 1 is 1.32 bits per heavy atom. The van der Waals surface area contributed by atoms with Crippen molar-refractivity contribution in [3.8, 4) is 5.75 Å². The van der Waals surface area contributed by atoms with Crippen LogP contribution < -0.4 is 15.4 Å². The van der Waals surface area contributed by atoms with Crippen LogP contribution in [0, 0.1) is 0 Å². The Hall–Kier alpha value is -2.77. The van der Waals surface area contributed by atoms with Crippen molar-refractivity contribution in [2.45, 2.75) is 31.8 Å². The molecule has 0 fully saturated rings. The topological polar surface area (TPSA) is 109 Å². The van der Waals surface area contributed by atoms with E-state index in [1.807, 2.05) is 12.1 Å². The van der Waals surface area contributed by atoms with Crippen molar-refractivity contribution in [1.82, 2.24) is 10.6 Å². The smallest absolute Gasteiger partial charge is 0.314 e. The monoisotopic (exact) mass is 347 g/mol. The number of hydrogen-bond donors (Lipinski definition) is 3. The zero-order valence-electron chi connectivity index (χ0n) is 13.8. The second kappa shape index (κ2) is 7.87. The fraction of sp³-hybridized carbons (Fsp3) is 0.471. The second-order valence-corrected chi connectivity index (χ2v) is 6.02. The molecule has 25 heavy (non-hydrogen) atoms. The summed E-state index contributed by atoms with van der Waals surface area (Å²) in [5, 5.41) is 18.0. The van der Waals surface area contributed by atoms with Gasteiger partial charge in [-0.15, -0.1) is 0 Å². The predicted molar refractivity (Wildman–Crippen MR) is 89.9 cm³/mol. The molecule has 2 amide bonds. The Balaban J connectivity index is 1.39. The van der Waals surface area contributed by atoms with Gasteiger partial charge in [0.15, 0.2) is 6.10 Å². The SMILES string of the molecule is O=C(O)CCCNC(=O)NCC1CC(c2ccc3c(c2)CCO3)=NO1. The van der Waals surface area contributed by atoms with Crippen LogP contribution in [0.2, 0.25) is 0 Å². The number of amides is 2. The largest absolute Gasteiger partial charge is 0.493 e. The standard InChI is InChI=1S/C17H21N3O5/c21-16(22)2-1-6-18-17(23)19-10-13-9-14(20-25-13)11-3-4-15-12(8-11)5-7-24-15/h3-4,8,13H,1-2,5-7,9-10H2,(H,21,22)(H2,18,19,23). The van der Waals surface area contributed by atoms with Gasteiger partial charge in [-0.3, -0.25) is 4.79 Å². The van der Waals surface area contributed by atoms with E-state index in [1.54, 1.807) is 0 Å². The minimum absolute atomic E-state index is 0.0367. The molecule has 1 aromatic rings. The molecular weight excluding hydrogens is 326 g/mol. The molecule has 3 N–H and O–H groups in total. The van der Waals surface area contributed by atoms with E-state index >= 15 is 0 Å². The van der Waals surface area contributed by atoms with Gasteiger partial charge in [0, 0.05) is 25.8 Å². The van der Waals surface area contributed by atoms with Crippen molar-refractivity contribution in [3.05, 3.63) is 29.3 Å². The lowest BCUT2D eigenvalue weighted by Gasteiger charge is -2.10. The van der Waals surface area contributed by atoms with Crippen molar-refractivity contribution >= 4 is 17.7 Å². The summed E-state index contributed by atoms with van der Waals surface area (Å²) in [5.41, 5.74) is 3.07. The van der Waals surface area contributed by atoms with Crippen molar-refractivity contribution in [2.24, 2.45) is 5.16 Å². The maximum Gasteiger partial charge on any atom is 0.314 e. The molecule has 8 nitrogen and oxygen atoms in total. The van der Waals surface area contributed by atoms with E-state index < -0.39 is 5.97 Å². The van der Waals surface area contributed by atoms with Gasteiger partial charge in [-0.2, -0.15) is 0 Å². The highest BCUT2D eigenvalue weighted by Gasteiger charge is 2.24. The number of carbonyl (C=O) groups is 2. The van der Waals surface area contributed by atoms with Crippen LogP contribution in [-0.2, 0) is 16.1 Å². The number of fused-ring (bicyclic) bond motifs is 1. The molecule has 1 atom stereocenters. The lowest BCUT2D eigenvalue weighted by atomic mass is 10.0. The van der Waals surface area contributed by atoms with Crippen LogP contribution in [-0.4, -0.2) is 48.6 Å². The van der Waals surface area contributed by atoms with Gasteiger partial charge in [-0.25, -0.2) is 4.79 Å². The molecule has 0 saturated carbocycles. The molecule has 0 aliphatic carbocycles. The van der Waals surface area contributed by atoms with Crippen LogP contribution in [0.25, 0.3) is 0 Å². The fourth-order valence-corrected chi connectivity index (χ4v) is 2.78. The number of benzene rings is 1. The molecule has 134 valence electrons. The zero-order valence-corrected chi connectivity index (χ0v) is 13.8. The van der Waals surface area contributed by atoms with E-state index in [0.717, 1.165) is 30.1 Å². The van der Waals surface area contributed by atoms with E-state index in [9.17, 15) is 9.59 Å². The van der Waals surface area contributed by atoms with E-state index in [2.05, 4.69) is 21.9 Å². The second-order valence-electron chi connectivity index (χ2n) is 6.02. The summed E-state index contributed by atoms with van der Waals surface area (Å²) in [6, 6.07) is 5.67. The van der Waals surface area contributed by atoms with Gasteiger partial charge in [0.25, 0.3) is 0 Å². The number of carboxylic acid groups (broad SMARTS) is 1. The fourth-order valence-electron chi connectivity index (χ4n) is 2.78. The number of carbonyl (C=O) groups excluding carboxylic acids is 1. The van der Waals surface area contributed by atoms with Crippen molar-refractivity contribution in [1.29, 1.82) is 0 Å². The first-order valence-electron chi connectivity index (χ1n) is 8.34. The Morgan fingerprint density at radius 3 is 3.04 bits per heavy atom. The highest BCUT2D eigenvalue weighted by Crippen LogP contribution is 2.27. The Labute approximate surface area is 145 Å². The maximum absolute atomic E-state index is 11.6. The van der Waals surface area contributed by atoms with Gasteiger partial charge >= 0.3 is 12.0 Å². The summed E-state index contributed by atoms with van der Waals surface area (Å²) in [4.78, 5) is 27.4. The van der Waals surface area contributed by atoms with Crippen molar-refractivity contribution in [3.63, 3.8) is 0 Å². The van der Waals surface area contributed by atoms with Crippen LogP contribution in [0.5, 0.6) is 5.75 Å². The van der Waals surface area contributed by atoms with Crippen molar-refractivity contribution in [2.75, 3.05) is 19.7 Å². The average Bonchev–Trinajstić information content (AvgIpc) is 3.24. The molecule has 1 aromatic carbocycles. The molecule has 2 aliphatic rings. The molecule has 3 rings (SSSR count). The van der Waals surface area contributed by atoms with Crippen LogP contribution in [0.1, 0.15) is 30.4 Å². The first-order chi connectivity index (χ1) is 12.1. The zero-order chi connectivity index (χ0) is 17.6. The normalized spacial score (nSPS) is 17.9. The third-order valence-electron chi connectivity index (χ3n) is 4.10. The first kappa shape index (κ1) is 17.1. The van der Waals surface area contributed by atoms with Gasteiger partial charge in [0.1, 0.15) is 5.75 Å². The van der Waals surface area contributed by atoms with E-state index in [0.29, 0.717) is 25.9 Å². The van der Waals surface area contributed by atoms with Crippen LogP contribution in [0.15, 0.2) is 23.4 Å². The molecule has 0 spiro atoms. The number of nitrogens with one attached hydrogen (secondary N) is 2. The highest BCUT2D eigenvalue weighted by atomic mass is 16.6. The molecule has 8 heteroatoms. The molecule has 0 bridgehead atoms. The van der Waals surface area contributed by atoms with E-state index in [-0.39, 0.29) is 18.6 Å². The number of hydrogen-bond acceptors (Lipinski definition) is 5. The molecule has 2 aliphatic heterocycles. The Bertz CT molecular complexity index is 689. The summed E-state index contributed by atoms with van der Waals surface area (Å²) < 4.78 is 5.50. The van der Waals surface area contributed by atoms with Gasteiger partial charge in [0.2, 0.25) is 0 Å². The lowest BCUT2D eigenvalue weighted by Crippen LogP contribution is -2.40. The third-order valence-corrected chi connectivity index (χ3v) is 4.10. The summed E-state index contributed by atoms with van der Waals surface area (Å²) in [7, 11) is 0. The summed E-state index contributed by atoms with van der Waals surface area (Å²) >= 11 is 0. The number of nitrogens with zero attached hydrogens (tertiary/aromatic N) is 1. The molecule has 0 radical (unpaired) electrons. The number of ether oxygens (including phenoxy) is 1. The van der Waals surface area contributed by atoms with Crippen LogP contribution in [0.3, 0.4) is 0 Å². The average molecular weight is 347 g/mol. The van der Waals surface area contributed by atoms with E-state index in [4.69, 9.17) is 14.7 Å². The molecule has 0 aromatic heterocycles. The summed E-state index contributed by atoms with van der Waals surface area (Å²) in [6.07, 6.45) is 1.76. The minimum Gasteiger partial charge on any atom is -0.493 e. The molecule has 0 saturated heterocycles. The predicted octanol–water partition coefficient (Wildman–Crippen LogP) is 1.28. The Morgan fingerprint density at radius 2 is 2.20 bits per heavy atom. The lowest BCUT2D eigenvalue weighted by molar-refractivity contribution is -0.137. The number of oxime groups is 1. The molecule has 1 unspecified atom stereocenters. The number of rotatable bonds is 7. The van der Waals surface area contributed by atoms with Gasteiger partial charge in [-0.05, 0) is 35.7 Å². The number of aliphatic carboxylic acids is 1. The van der Waals surface area contributed by atoms with E-state index in [1.165, 1.54) is 5.56 Å². The van der Waals surface area contributed by atoms with Gasteiger partial charge in [0.05, 0.1) is 18.9 Å². The number of urea groups is 1. The highest BCUT2D eigenvalue weighted by molar-refractivity contribution is 6.01. The quantitative estimate of drug-likeness (QED) is 0.644. The maximum atomic E-state index is 11.6. The number of carboxylic acids is 1. The Kier molecular flexibility index (Phi) is 5.37.